The summed E-state index contributed by atoms with van der Waals surface area (Å²) >= 11 is 6.15. The van der Waals surface area contributed by atoms with Gasteiger partial charge < -0.3 is 14.6 Å². The van der Waals surface area contributed by atoms with Gasteiger partial charge in [-0.15, -0.1) is 0 Å². The van der Waals surface area contributed by atoms with Crippen LogP contribution < -0.4 is 5.32 Å². The van der Waals surface area contributed by atoms with Crippen molar-refractivity contribution in [2.45, 2.75) is 25.8 Å². The highest BCUT2D eigenvalue weighted by Crippen LogP contribution is 2.41. The van der Waals surface area contributed by atoms with Crippen LogP contribution in [0.4, 0.5) is 0 Å². The van der Waals surface area contributed by atoms with E-state index >= 15 is 0 Å². The van der Waals surface area contributed by atoms with E-state index in [-0.39, 0.29) is 11.3 Å². The molecule has 0 saturated heterocycles. The maximum absolute atomic E-state index is 12.4. The number of nitrogens with zero attached hydrogens (tertiary/aromatic N) is 1. The maximum atomic E-state index is 12.4. The third kappa shape index (κ3) is 3.26. The predicted octanol–water partition coefficient (Wildman–Crippen LogP) is 3.43. The first kappa shape index (κ1) is 16.0. The van der Waals surface area contributed by atoms with Crippen molar-refractivity contribution in [1.29, 1.82) is 0 Å². The summed E-state index contributed by atoms with van der Waals surface area (Å²) in [6.07, 6.45) is 2.81. The Hall–Kier alpha value is -1.85. The van der Waals surface area contributed by atoms with Gasteiger partial charge in [-0.05, 0) is 25.0 Å². The van der Waals surface area contributed by atoms with Crippen molar-refractivity contribution in [3.8, 4) is 11.3 Å². The molecule has 1 aromatic carbocycles. The Labute approximate surface area is 139 Å². The van der Waals surface area contributed by atoms with Gasteiger partial charge in [-0.25, -0.2) is 0 Å². The van der Waals surface area contributed by atoms with Crippen LogP contribution >= 0.6 is 11.6 Å². The smallest absolute Gasteiger partial charge is 0.228 e. The average Bonchev–Trinajstić information content (AvgIpc) is 2.97. The van der Waals surface area contributed by atoms with E-state index in [1.54, 1.807) is 19.2 Å². The Bertz CT molecular complexity index is 695. The van der Waals surface area contributed by atoms with E-state index in [2.05, 4.69) is 10.5 Å². The van der Waals surface area contributed by atoms with Crippen molar-refractivity contribution < 1.29 is 14.1 Å². The lowest BCUT2D eigenvalue weighted by atomic mass is 9.68. The molecule has 1 aliphatic carbocycles. The Morgan fingerprint density at radius 2 is 2.22 bits per heavy atom. The van der Waals surface area contributed by atoms with Crippen LogP contribution in [0, 0.1) is 5.41 Å². The van der Waals surface area contributed by atoms with E-state index in [0.717, 1.165) is 24.8 Å². The SMILES string of the molecule is COCC1(C(=O)NCc2cc(-c3ccccc3Cl)on2)CCC1. The number of hydrogen-bond acceptors (Lipinski definition) is 4. The first-order valence-corrected chi connectivity index (χ1v) is 8.00. The number of ether oxygens (including phenoxy) is 1. The molecule has 5 nitrogen and oxygen atoms in total. The standard InChI is InChI=1S/C17H19ClN2O3/c1-22-11-17(7-4-8-17)16(21)19-10-12-9-15(23-20-12)13-5-2-3-6-14(13)18/h2-3,5-6,9H,4,7-8,10-11H2,1H3,(H,19,21). The number of aromatic nitrogens is 1. The first-order chi connectivity index (χ1) is 11.1. The monoisotopic (exact) mass is 334 g/mol. The Morgan fingerprint density at radius 1 is 1.43 bits per heavy atom. The number of rotatable bonds is 6. The normalized spacial score (nSPS) is 15.9. The van der Waals surface area contributed by atoms with Crippen LogP contribution in [0.5, 0.6) is 0 Å². The summed E-state index contributed by atoms with van der Waals surface area (Å²) in [4.78, 5) is 12.4. The first-order valence-electron chi connectivity index (χ1n) is 7.62. The topological polar surface area (TPSA) is 64.4 Å². The minimum absolute atomic E-state index is 0.0212. The highest BCUT2D eigenvalue weighted by Gasteiger charge is 2.44. The Morgan fingerprint density at radius 3 is 2.87 bits per heavy atom. The molecule has 0 bridgehead atoms. The molecule has 1 amide bonds. The summed E-state index contributed by atoms with van der Waals surface area (Å²) < 4.78 is 10.5. The molecule has 1 aromatic heterocycles. The number of hydrogen-bond donors (Lipinski definition) is 1. The maximum Gasteiger partial charge on any atom is 0.228 e. The lowest BCUT2D eigenvalue weighted by Crippen LogP contribution is -2.48. The van der Waals surface area contributed by atoms with E-state index in [1.807, 2.05) is 18.2 Å². The highest BCUT2D eigenvalue weighted by molar-refractivity contribution is 6.33. The van der Waals surface area contributed by atoms with Gasteiger partial charge in [0.2, 0.25) is 5.91 Å². The molecule has 1 N–H and O–H groups in total. The number of amides is 1. The molecule has 0 aliphatic heterocycles. The molecular formula is C17H19ClN2O3. The van der Waals surface area contributed by atoms with E-state index in [1.165, 1.54) is 0 Å². The summed E-state index contributed by atoms with van der Waals surface area (Å²) in [7, 11) is 1.63. The minimum Gasteiger partial charge on any atom is -0.384 e. The van der Waals surface area contributed by atoms with Gasteiger partial charge in [0.15, 0.2) is 5.76 Å². The predicted molar refractivity (Wildman–Crippen MR) is 87.0 cm³/mol. The quantitative estimate of drug-likeness (QED) is 0.879. The molecule has 2 aromatic rings. The summed E-state index contributed by atoms with van der Waals surface area (Å²) in [5.74, 6) is 0.614. The molecule has 6 heteroatoms. The second-order valence-corrected chi connectivity index (χ2v) is 6.32. The van der Waals surface area contributed by atoms with Gasteiger partial charge in [0.25, 0.3) is 0 Å². The zero-order valence-electron chi connectivity index (χ0n) is 13.0. The molecule has 0 spiro atoms. The third-order valence-corrected chi connectivity index (χ3v) is 4.67. The summed E-state index contributed by atoms with van der Waals surface area (Å²) in [6.45, 7) is 0.792. The van der Waals surface area contributed by atoms with Gasteiger partial charge in [-0.1, -0.05) is 35.3 Å². The number of methoxy groups -OCH3 is 1. The molecular weight excluding hydrogens is 316 g/mol. The van der Waals surface area contributed by atoms with Crippen molar-refractivity contribution >= 4 is 17.5 Å². The van der Waals surface area contributed by atoms with Crippen molar-refractivity contribution in [2.75, 3.05) is 13.7 Å². The zero-order chi connectivity index (χ0) is 16.3. The van der Waals surface area contributed by atoms with Crippen LogP contribution in [-0.4, -0.2) is 24.8 Å². The van der Waals surface area contributed by atoms with Crippen molar-refractivity contribution in [3.05, 3.63) is 41.0 Å². The fourth-order valence-electron chi connectivity index (χ4n) is 2.86. The highest BCUT2D eigenvalue weighted by atomic mass is 35.5. The van der Waals surface area contributed by atoms with E-state index < -0.39 is 0 Å². The van der Waals surface area contributed by atoms with E-state index in [0.29, 0.717) is 29.6 Å². The molecule has 0 unspecified atom stereocenters. The van der Waals surface area contributed by atoms with E-state index in [9.17, 15) is 4.79 Å². The fraction of sp³-hybridized carbons (Fsp3) is 0.412. The van der Waals surface area contributed by atoms with Crippen LogP contribution in [0.1, 0.15) is 25.0 Å². The van der Waals surface area contributed by atoms with Crippen LogP contribution in [-0.2, 0) is 16.1 Å². The molecule has 0 radical (unpaired) electrons. The van der Waals surface area contributed by atoms with Gasteiger partial charge in [0.05, 0.1) is 23.6 Å². The van der Waals surface area contributed by atoms with Gasteiger partial charge in [0.1, 0.15) is 5.69 Å². The summed E-state index contributed by atoms with van der Waals surface area (Å²) in [5, 5.41) is 7.53. The zero-order valence-corrected chi connectivity index (χ0v) is 13.7. The second-order valence-electron chi connectivity index (χ2n) is 5.91. The van der Waals surface area contributed by atoms with Crippen molar-refractivity contribution in [1.82, 2.24) is 10.5 Å². The Balaban J connectivity index is 1.64. The van der Waals surface area contributed by atoms with Crippen LogP contribution in [0.2, 0.25) is 5.02 Å². The molecule has 3 rings (SSSR count). The lowest BCUT2D eigenvalue weighted by Gasteiger charge is -2.39. The number of carbonyl (C=O) groups is 1. The number of benzene rings is 1. The van der Waals surface area contributed by atoms with Gasteiger partial charge >= 0.3 is 0 Å². The third-order valence-electron chi connectivity index (χ3n) is 4.34. The molecule has 1 aliphatic rings. The second kappa shape index (κ2) is 6.72. The van der Waals surface area contributed by atoms with Crippen molar-refractivity contribution in [3.63, 3.8) is 0 Å². The fourth-order valence-corrected chi connectivity index (χ4v) is 3.09. The van der Waals surface area contributed by atoms with Crippen LogP contribution in [0.3, 0.4) is 0 Å². The number of carbonyl (C=O) groups excluding carboxylic acids is 1. The molecule has 1 heterocycles. The lowest BCUT2D eigenvalue weighted by molar-refractivity contribution is -0.140. The van der Waals surface area contributed by atoms with Gasteiger partial charge in [-0.2, -0.15) is 0 Å². The van der Waals surface area contributed by atoms with Gasteiger partial charge in [0, 0.05) is 18.7 Å². The Kier molecular flexibility index (Phi) is 4.68. The minimum atomic E-state index is -0.371. The number of nitrogens with one attached hydrogen (secondary N) is 1. The molecule has 23 heavy (non-hydrogen) atoms. The van der Waals surface area contributed by atoms with Crippen LogP contribution in [0.15, 0.2) is 34.9 Å². The number of halogens is 1. The van der Waals surface area contributed by atoms with E-state index in [4.69, 9.17) is 20.9 Å². The molecule has 0 atom stereocenters. The summed E-state index contributed by atoms with van der Waals surface area (Å²) in [6, 6.07) is 9.21. The molecule has 1 saturated carbocycles. The molecule has 122 valence electrons. The van der Waals surface area contributed by atoms with Gasteiger partial charge in [-0.3, -0.25) is 4.79 Å². The average molecular weight is 335 g/mol. The summed E-state index contributed by atoms with van der Waals surface area (Å²) in [5.41, 5.74) is 1.08. The van der Waals surface area contributed by atoms with Crippen LogP contribution in [0.25, 0.3) is 11.3 Å². The van der Waals surface area contributed by atoms with Crippen molar-refractivity contribution in [2.24, 2.45) is 5.41 Å². The largest absolute Gasteiger partial charge is 0.384 e. The molecule has 1 fully saturated rings.